The molecule has 0 radical (unpaired) electrons. The molecule has 1 aromatic carbocycles. The molecule has 2 aliphatic rings. The monoisotopic (exact) mass is 497 g/mol. The Hall–Kier alpha value is -2.49. The molecule has 11 heteroatoms. The second kappa shape index (κ2) is 9.04. The normalized spacial score (nSPS) is 20.0. The van der Waals surface area contributed by atoms with Crippen LogP contribution in [0.2, 0.25) is 5.02 Å². The van der Waals surface area contributed by atoms with Gasteiger partial charge in [0.15, 0.2) is 5.65 Å². The first-order valence-corrected chi connectivity index (χ1v) is 10.8. The van der Waals surface area contributed by atoms with Crippen molar-refractivity contribution < 1.29 is 18.3 Å². The lowest BCUT2D eigenvalue weighted by Gasteiger charge is -2.28. The Morgan fingerprint density at radius 3 is 2.85 bits per heavy atom. The third kappa shape index (κ3) is 4.13. The van der Waals surface area contributed by atoms with Crippen LogP contribution in [-0.2, 0) is 13.1 Å². The smallest absolute Gasteiger partial charge is 0.258 e. The molecular weight excluding hydrogens is 475 g/mol. The van der Waals surface area contributed by atoms with E-state index in [1.807, 2.05) is 13.8 Å². The fourth-order valence-electron chi connectivity index (χ4n) is 4.29. The van der Waals surface area contributed by atoms with E-state index in [1.54, 1.807) is 9.42 Å². The summed E-state index contributed by atoms with van der Waals surface area (Å²) in [5, 5.41) is 8.10. The number of alkyl halides is 1. The Bertz CT molecular complexity index is 1240. The van der Waals surface area contributed by atoms with Crippen molar-refractivity contribution in [3.05, 3.63) is 57.2 Å². The molecule has 7 nitrogen and oxygen atoms in total. The number of carbonyl (C=O) groups is 1. The lowest BCUT2D eigenvalue weighted by Crippen LogP contribution is -2.44. The summed E-state index contributed by atoms with van der Waals surface area (Å²) < 4.78 is 35.7. The molecule has 0 unspecified atom stereocenters. The number of rotatable bonds is 3. The largest absolute Gasteiger partial charge is 0.486 e. The maximum absolute atomic E-state index is 14.2. The van der Waals surface area contributed by atoms with Crippen LogP contribution in [0.25, 0.3) is 5.65 Å². The van der Waals surface area contributed by atoms with Crippen LogP contribution < -0.4 is 10.1 Å². The van der Waals surface area contributed by atoms with Crippen LogP contribution in [0.5, 0.6) is 5.75 Å². The molecular formula is C22H23Cl2F2N5O2. The number of ether oxygens (including phenoxy) is 1. The zero-order valence-corrected chi connectivity index (χ0v) is 19.6. The van der Waals surface area contributed by atoms with Crippen LogP contribution in [-0.4, -0.2) is 50.8 Å². The molecule has 2 atom stereocenters. The molecule has 3 aromatic rings. The quantitative estimate of drug-likeness (QED) is 0.595. The first kappa shape index (κ1) is 23.7. The van der Waals surface area contributed by atoms with Crippen LogP contribution in [0, 0.1) is 19.7 Å². The maximum Gasteiger partial charge on any atom is 0.258 e. The van der Waals surface area contributed by atoms with E-state index in [0.29, 0.717) is 35.9 Å². The number of aryl methyl sites for hydroxylation is 2. The van der Waals surface area contributed by atoms with Crippen molar-refractivity contribution >= 4 is 35.6 Å². The van der Waals surface area contributed by atoms with Gasteiger partial charge in [0.1, 0.15) is 23.8 Å². The van der Waals surface area contributed by atoms with E-state index in [4.69, 9.17) is 16.3 Å². The molecule has 1 N–H and O–H groups in total. The Morgan fingerprint density at radius 2 is 2.09 bits per heavy atom. The second-order valence-corrected chi connectivity index (χ2v) is 8.60. The van der Waals surface area contributed by atoms with Crippen LogP contribution in [0.3, 0.4) is 0 Å². The van der Waals surface area contributed by atoms with Gasteiger partial charge in [0.2, 0.25) is 0 Å². The van der Waals surface area contributed by atoms with Crippen molar-refractivity contribution in [3.63, 3.8) is 0 Å². The molecule has 4 heterocycles. The van der Waals surface area contributed by atoms with Gasteiger partial charge in [-0.15, -0.1) is 12.4 Å². The minimum Gasteiger partial charge on any atom is -0.486 e. The molecule has 2 aliphatic heterocycles. The second-order valence-electron chi connectivity index (χ2n) is 8.22. The van der Waals surface area contributed by atoms with Gasteiger partial charge >= 0.3 is 0 Å². The number of nitrogens with one attached hydrogen (secondary N) is 1. The van der Waals surface area contributed by atoms with Gasteiger partial charge in [-0.2, -0.15) is 5.10 Å². The molecule has 1 saturated heterocycles. The predicted octanol–water partition coefficient (Wildman–Crippen LogP) is 3.80. The summed E-state index contributed by atoms with van der Waals surface area (Å²) in [6.45, 7) is 5.05. The average Bonchev–Trinajstić information content (AvgIpc) is 3.33. The third-order valence-corrected chi connectivity index (χ3v) is 6.59. The molecule has 176 valence electrons. The van der Waals surface area contributed by atoms with E-state index in [-0.39, 0.29) is 42.7 Å². The highest BCUT2D eigenvalue weighted by Crippen LogP contribution is 2.32. The summed E-state index contributed by atoms with van der Waals surface area (Å²) in [6, 6.07) is 3.74. The highest BCUT2D eigenvalue weighted by Gasteiger charge is 2.33. The molecule has 0 bridgehead atoms. The number of hydrogen-bond donors (Lipinski definition) is 1. The van der Waals surface area contributed by atoms with Crippen molar-refractivity contribution in [1.82, 2.24) is 24.8 Å². The van der Waals surface area contributed by atoms with Gasteiger partial charge in [-0.3, -0.25) is 4.79 Å². The van der Waals surface area contributed by atoms with Gasteiger partial charge in [0.05, 0.1) is 40.8 Å². The molecule has 33 heavy (non-hydrogen) atoms. The van der Waals surface area contributed by atoms with Gasteiger partial charge in [0, 0.05) is 18.2 Å². The summed E-state index contributed by atoms with van der Waals surface area (Å²) >= 11 is 6.30. The maximum atomic E-state index is 14.2. The highest BCUT2D eigenvalue weighted by atomic mass is 35.5. The molecule has 0 aliphatic carbocycles. The Kier molecular flexibility index (Phi) is 6.48. The minimum absolute atomic E-state index is 0. The van der Waals surface area contributed by atoms with E-state index in [9.17, 15) is 13.6 Å². The fraction of sp³-hybridized carbons (Fsp3) is 0.409. The predicted molar refractivity (Wildman–Crippen MR) is 121 cm³/mol. The lowest BCUT2D eigenvalue weighted by molar-refractivity contribution is 0.0657. The first-order valence-electron chi connectivity index (χ1n) is 10.5. The molecule has 1 fully saturated rings. The topological polar surface area (TPSA) is 71.8 Å². The average molecular weight is 498 g/mol. The number of nitrogens with zero attached hydrogens (tertiary/aromatic N) is 4. The Morgan fingerprint density at radius 1 is 1.30 bits per heavy atom. The van der Waals surface area contributed by atoms with Crippen molar-refractivity contribution in [1.29, 1.82) is 0 Å². The Labute approximate surface area is 200 Å². The lowest BCUT2D eigenvalue weighted by atomic mass is 10.1. The van der Waals surface area contributed by atoms with Crippen molar-refractivity contribution in [2.45, 2.75) is 45.6 Å². The fourth-order valence-corrected chi connectivity index (χ4v) is 4.41. The summed E-state index contributed by atoms with van der Waals surface area (Å²) in [5.74, 6) is -0.821. The SMILES string of the molecule is Cc1nc2c3c(nn2c(C)c1Cl)CN(C(=O)c1ccc(F)cc1O[C@@H]1CCNC[C@@H]1F)C3.Cl. The van der Waals surface area contributed by atoms with Gasteiger partial charge in [-0.25, -0.2) is 18.3 Å². The number of fused-ring (bicyclic) bond motifs is 3. The molecule has 0 spiro atoms. The van der Waals surface area contributed by atoms with E-state index < -0.39 is 18.1 Å². The third-order valence-electron chi connectivity index (χ3n) is 6.04. The standard InChI is InChI=1S/C22H22ClF2N5O2.ClH/c1-11-20(23)12(2)30-21(27-11)15-9-29(10-17(15)28-30)22(31)14-4-3-13(24)7-19(14)32-18-5-6-26-8-16(18)25;/h3-4,7,16,18,26H,5-6,8-10H2,1-2H3;1H/t16-,18+;/m0./s1. The molecule has 1 amide bonds. The zero-order valence-electron chi connectivity index (χ0n) is 18.1. The van der Waals surface area contributed by atoms with E-state index in [1.165, 1.54) is 12.1 Å². The van der Waals surface area contributed by atoms with E-state index in [0.717, 1.165) is 23.0 Å². The van der Waals surface area contributed by atoms with Crippen LogP contribution in [0.15, 0.2) is 18.2 Å². The zero-order chi connectivity index (χ0) is 22.6. The summed E-state index contributed by atoms with van der Waals surface area (Å²) in [6.07, 6.45) is -1.53. The summed E-state index contributed by atoms with van der Waals surface area (Å²) in [4.78, 5) is 19.5. The van der Waals surface area contributed by atoms with E-state index >= 15 is 0 Å². The molecule has 0 saturated carbocycles. The highest BCUT2D eigenvalue weighted by molar-refractivity contribution is 6.31. The number of benzene rings is 1. The van der Waals surface area contributed by atoms with Crippen LogP contribution in [0.1, 0.15) is 39.4 Å². The molecule has 2 aromatic heterocycles. The van der Waals surface area contributed by atoms with Gasteiger partial charge in [-0.05, 0) is 38.9 Å². The minimum atomic E-state index is -1.23. The number of amides is 1. The molecule has 5 rings (SSSR count). The number of hydrogen-bond acceptors (Lipinski definition) is 5. The first-order chi connectivity index (χ1) is 15.3. The van der Waals surface area contributed by atoms with Gasteiger partial charge in [0.25, 0.3) is 5.91 Å². The number of aromatic nitrogens is 3. The number of carbonyl (C=O) groups excluding carboxylic acids is 1. The summed E-state index contributed by atoms with van der Waals surface area (Å²) in [7, 11) is 0. The number of piperidine rings is 1. The van der Waals surface area contributed by atoms with Crippen LogP contribution in [0.4, 0.5) is 8.78 Å². The Balaban J connectivity index is 0.00000259. The van der Waals surface area contributed by atoms with Crippen molar-refractivity contribution in [3.8, 4) is 5.75 Å². The van der Waals surface area contributed by atoms with Crippen molar-refractivity contribution in [2.24, 2.45) is 0 Å². The van der Waals surface area contributed by atoms with E-state index in [2.05, 4.69) is 15.4 Å². The van der Waals surface area contributed by atoms with Crippen molar-refractivity contribution in [2.75, 3.05) is 13.1 Å². The summed E-state index contributed by atoms with van der Waals surface area (Å²) in [5.41, 5.74) is 3.94. The van der Waals surface area contributed by atoms with Crippen LogP contribution >= 0.6 is 24.0 Å². The number of halogens is 4. The van der Waals surface area contributed by atoms with Gasteiger partial charge < -0.3 is 15.0 Å². The van der Waals surface area contributed by atoms with Gasteiger partial charge in [-0.1, -0.05) is 11.6 Å².